The molecule has 1 saturated heterocycles. The monoisotopic (exact) mass is 464 g/mol. The maximum atomic E-state index is 13.3. The molecule has 2 aromatic heterocycles. The van der Waals surface area contributed by atoms with Crippen molar-refractivity contribution in [2.45, 2.75) is 72.1 Å². The van der Waals surface area contributed by atoms with Gasteiger partial charge in [0.15, 0.2) is 5.78 Å². The van der Waals surface area contributed by atoms with Crippen LogP contribution in [0.5, 0.6) is 0 Å². The predicted molar refractivity (Wildman–Crippen MR) is 131 cm³/mol. The summed E-state index contributed by atoms with van der Waals surface area (Å²) in [6.07, 6.45) is 4.18. The number of nitrogens with one attached hydrogen (secondary N) is 1. The Balaban J connectivity index is 1.33. The molecule has 1 N–H and O–H groups in total. The zero-order chi connectivity index (χ0) is 23.5. The molecule has 1 amide bonds. The van der Waals surface area contributed by atoms with Crippen LogP contribution in [0.3, 0.4) is 0 Å². The van der Waals surface area contributed by atoms with Gasteiger partial charge >= 0.3 is 0 Å². The summed E-state index contributed by atoms with van der Waals surface area (Å²) in [4.78, 5) is 34.3. The van der Waals surface area contributed by atoms with Crippen molar-refractivity contribution in [2.24, 2.45) is 5.41 Å². The lowest BCUT2D eigenvalue weighted by molar-refractivity contribution is 0.0522. The minimum Gasteiger partial charge on any atom is -0.339 e. The zero-order valence-electron chi connectivity index (χ0n) is 20.2. The highest BCUT2D eigenvalue weighted by molar-refractivity contribution is 7.12. The largest absolute Gasteiger partial charge is 0.339 e. The number of rotatable bonds is 3. The van der Waals surface area contributed by atoms with Crippen LogP contribution in [0.4, 0.5) is 0 Å². The fourth-order valence-electron chi connectivity index (χ4n) is 5.22. The molecule has 174 valence electrons. The summed E-state index contributed by atoms with van der Waals surface area (Å²) in [7, 11) is 0. The number of likely N-dealkylation sites (tertiary alicyclic amines) is 1. The number of aromatic nitrogens is 3. The molecule has 1 aliphatic heterocycles. The predicted octanol–water partition coefficient (Wildman–Crippen LogP) is 5.38. The summed E-state index contributed by atoms with van der Waals surface area (Å²) in [5, 5.41) is 9.45. The van der Waals surface area contributed by atoms with Crippen LogP contribution < -0.4 is 0 Å². The van der Waals surface area contributed by atoms with Gasteiger partial charge in [-0.05, 0) is 62.6 Å². The molecule has 0 bridgehead atoms. The highest BCUT2D eigenvalue weighted by Crippen LogP contribution is 2.46. The lowest BCUT2D eigenvalue weighted by Gasteiger charge is -2.43. The fourth-order valence-corrected chi connectivity index (χ4v) is 6.64. The van der Waals surface area contributed by atoms with E-state index in [1.165, 1.54) is 0 Å². The van der Waals surface area contributed by atoms with Gasteiger partial charge in [0.2, 0.25) is 0 Å². The molecule has 7 heteroatoms. The summed E-state index contributed by atoms with van der Waals surface area (Å²) < 4.78 is 0. The SMILES string of the molecule is CCC(C)(C)c1nc2c(s1)CC1(CCN(C(=O)c3cc(C)c4n[nH]c(C)c4c3)CC1)CC2=O. The number of thiazole rings is 1. The molecule has 5 rings (SSSR count). The summed E-state index contributed by atoms with van der Waals surface area (Å²) in [5.74, 6) is 0.255. The van der Waals surface area contributed by atoms with Crippen molar-refractivity contribution in [2.75, 3.05) is 13.1 Å². The van der Waals surface area contributed by atoms with Crippen LogP contribution in [0.25, 0.3) is 10.9 Å². The number of amides is 1. The van der Waals surface area contributed by atoms with Crippen molar-refractivity contribution in [1.82, 2.24) is 20.1 Å². The Kier molecular flexibility index (Phi) is 5.23. The van der Waals surface area contributed by atoms with Crippen molar-refractivity contribution < 1.29 is 9.59 Å². The van der Waals surface area contributed by atoms with Gasteiger partial charge < -0.3 is 4.90 Å². The van der Waals surface area contributed by atoms with Crippen molar-refractivity contribution in [3.05, 3.63) is 44.5 Å². The molecule has 0 saturated carbocycles. The lowest BCUT2D eigenvalue weighted by atomic mass is 9.68. The third-order valence-electron chi connectivity index (χ3n) is 7.89. The third-order valence-corrected chi connectivity index (χ3v) is 9.31. The molecule has 1 aliphatic carbocycles. The molecular weight excluding hydrogens is 432 g/mol. The van der Waals surface area contributed by atoms with Crippen molar-refractivity contribution in [1.29, 1.82) is 0 Å². The Morgan fingerprint density at radius 3 is 2.64 bits per heavy atom. The number of carbonyl (C=O) groups is 2. The first-order valence-corrected chi connectivity index (χ1v) is 12.7. The Bertz CT molecular complexity index is 1260. The van der Waals surface area contributed by atoms with Crippen molar-refractivity contribution in [3.63, 3.8) is 0 Å². The molecule has 2 aliphatic rings. The molecular formula is C26H32N4O2S. The second kappa shape index (κ2) is 7.76. The van der Waals surface area contributed by atoms with Crippen LogP contribution in [-0.4, -0.2) is 44.9 Å². The standard InChI is InChI=1S/C26H32N4O2S/c1-6-25(4,5)24-27-22-19(31)13-26(14-20(22)33-24)7-9-30(10-8-26)23(32)17-11-15(2)21-18(12-17)16(3)28-29-21/h11-12H,6-10,13-14H2,1-5H3,(H,28,29). The van der Waals surface area contributed by atoms with Crippen molar-refractivity contribution in [3.8, 4) is 0 Å². The number of ketones is 1. The van der Waals surface area contributed by atoms with E-state index >= 15 is 0 Å². The third kappa shape index (κ3) is 3.70. The van der Waals surface area contributed by atoms with Crippen molar-refractivity contribution >= 4 is 33.9 Å². The molecule has 3 heterocycles. The quantitative estimate of drug-likeness (QED) is 0.565. The first kappa shape index (κ1) is 22.3. The number of H-pyrrole nitrogens is 1. The maximum Gasteiger partial charge on any atom is 0.253 e. The molecule has 3 aromatic rings. The topological polar surface area (TPSA) is 79.0 Å². The number of benzene rings is 1. The minimum absolute atomic E-state index is 0.00218. The number of fused-ring (bicyclic) bond motifs is 2. The second-order valence-electron chi connectivity index (χ2n) is 10.6. The van der Waals surface area contributed by atoms with E-state index in [1.54, 1.807) is 11.3 Å². The smallest absolute Gasteiger partial charge is 0.253 e. The normalized spacial score (nSPS) is 18.2. The van der Waals surface area contributed by atoms with Gasteiger partial charge in [0.05, 0.1) is 10.5 Å². The fraction of sp³-hybridized carbons (Fsp3) is 0.538. The van der Waals surface area contributed by atoms with Crippen LogP contribution in [0.1, 0.15) is 88.4 Å². The van der Waals surface area contributed by atoms with E-state index in [9.17, 15) is 9.59 Å². The van der Waals surface area contributed by atoms with Crippen LogP contribution in [0.15, 0.2) is 12.1 Å². The first-order valence-electron chi connectivity index (χ1n) is 11.9. The van der Waals surface area contributed by atoms with Crippen LogP contribution in [0, 0.1) is 19.3 Å². The minimum atomic E-state index is -0.0396. The first-order chi connectivity index (χ1) is 15.6. The van der Waals surface area contributed by atoms with E-state index in [0.29, 0.717) is 25.2 Å². The molecule has 33 heavy (non-hydrogen) atoms. The maximum absolute atomic E-state index is 13.3. The van der Waals surface area contributed by atoms with E-state index in [2.05, 4.69) is 31.0 Å². The number of Topliss-reactive ketones (excluding diaryl/α,β-unsaturated/α-hetero) is 1. The molecule has 0 radical (unpaired) electrons. The van der Waals surface area contributed by atoms with Crippen LogP contribution in [-0.2, 0) is 11.8 Å². The molecule has 0 atom stereocenters. The average molecular weight is 465 g/mol. The number of hydrogen-bond donors (Lipinski definition) is 1. The highest BCUT2D eigenvalue weighted by atomic mass is 32.1. The Morgan fingerprint density at radius 1 is 1.21 bits per heavy atom. The number of carbonyl (C=O) groups excluding carboxylic acids is 2. The van der Waals surface area contributed by atoms with Gasteiger partial charge in [0.1, 0.15) is 5.69 Å². The summed E-state index contributed by atoms with van der Waals surface area (Å²) in [6, 6.07) is 3.90. The lowest BCUT2D eigenvalue weighted by Crippen LogP contribution is -2.46. The van der Waals surface area contributed by atoms with E-state index in [0.717, 1.165) is 63.3 Å². The number of hydrogen-bond acceptors (Lipinski definition) is 5. The Hall–Kier alpha value is -2.54. The molecule has 6 nitrogen and oxygen atoms in total. The molecule has 0 unspecified atom stereocenters. The second-order valence-corrected chi connectivity index (χ2v) is 11.7. The summed E-state index contributed by atoms with van der Waals surface area (Å²) >= 11 is 1.73. The van der Waals surface area contributed by atoms with Gasteiger partial charge in [-0.15, -0.1) is 11.3 Å². The van der Waals surface area contributed by atoms with E-state index < -0.39 is 0 Å². The van der Waals surface area contributed by atoms with Gasteiger partial charge in [-0.25, -0.2) is 4.98 Å². The molecule has 1 spiro atoms. The van der Waals surface area contributed by atoms with E-state index in [-0.39, 0.29) is 22.5 Å². The summed E-state index contributed by atoms with van der Waals surface area (Å²) in [6.45, 7) is 11.9. The van der Waals surface area contributed by atoms with E-state index in [1.807, 2.05) is 30.9 Å². The van der Waals surface area contributed by atoms with Gasteiger partial charge in [-0.3, -0.25) is 14.7 Å². The Morgan fingerprint density at radius 2 is 1.94 bits per heavy atom. The number of aromatic amines is 1. The molecule has 1 aromatic carbocycles. The molecule has 1 fully saturated rings. The van der Waals surface area contributed by atoms with Crippen LogP contribution in [0.2, 0.25) is 0 Å². The highest BCUT2D eigenvalue weighted by Gasteiger charge is 2.44. The number of aryl methyl sites for hydroxylation is 2. The number of nitrogens with zero attached hydrogens (tertiary/aromatic N) is 3. The summed E-state index contributed by atoms with van der Waals surface area (Å²) in [5.41, 5.74) is 4.30. The van der Waals surface area contributed by atoms with Gasteiger partial charge in [-0.2, -0.15) is 5.10 Å². The van der Waals surface area contributed by atoms with Gasteiger partial charge in [0, 0.05) is 46.4 Å². The van der Waals surface area contributed by atoms with Crippen LogP contribution >= 0.6 is 11.3 Å². The van der Waals surface area contributed by atoms with Gasteiger partial charge in [-0.1, -0.05) is 20.8 Å². The van der Waals surface area contributed by atoms with Gasteiger partial charge in [0.25, 0.3) is 5.91 Å². The Labute approximate surface area is 198 Å². The number of piperidine rings is 1. The zero-order valence-corrected chi connectivity index (χ0v) is 21.0. The van der Waals surface area contributed by atoms with E-state index in [4.69, 9.17) is 4.98 Å². The average Bonchev–Trinajstić information content (AvgIpc) is 3.39.